The Kier molecular flexibility index (Phi) is 8.07. The molecular weight excluding hydrogens is 448 g/mol. The average molecular weight is 479 g/mol. The Morgan fingerprint density at radius 1 is 1.17 bits per heavy atom. The first-order chi connectivity index (χ1) is 17.0. The number of amides is 2. The van der Waals surface area contributed by atoms with Gasteiger partial charge >= 0.3 is 0 Å². The van der Waals surface area contributed by atoms with E-state index in [2.05, 4.69) is 37.7 Å². The van der Waals surface area contributed by atoms with Crippen LogP contribution in [0.2, 0.25) is 0 Å². The van der Waals surface area contributed by atoms with Crippen LogP contribution in [-0.2, 0) is 4.74 Å². The third-order valence-electron chi connectivity index (χ3n) is 5.96. The first-order valence-electron chi connectivity index (χ1n) is 11.7. The first kappa shape index (κ1) is 24.4. The van der Waals surface area contributed by atoms with E-state index in [1.165, 1.54) is 0 Å². The maximum atomic E-state index is 12.7. The largest absolute Gasteiger partial charge is 0.378 e. The molecule has 11 heteroatoms. The number of carbonyl (C=O) groups excluding carboxylic acids is 2. The summed E-state index contributed by atoms with van der Waals surface area (Å²) in [7, 11) is 0. The highest BCUT2D eigenvalue weighted by Crippen LogP contribution is 2.22. The van der Waals surface area contributed by atoms with Crippen LogP contribution in [0.3, 0.4) is 0 Å². The molecule has 0 unspecified atom stereocenters. The van der Waals surface area contributed by atoms with Gasteiger partial charge in [-0.05, 0) is 44.0 Å². The van der Waals surface area contributed by atoms with Crippen molar-refractivity contribution in [1.82, 2.24) is 25.4 Å². The molecule has 35 heavy (non-hydrogen) atoms. The number of morpholine rings is 1. The molecule has 2 saturated heterocycles. The summed E-state index contributed by atoms with van der Waals surface area (Å²) in [6.07, 6.45) is 2.01. The lowest BCUT2D eigenvalue weighted by Gasteiger charge is -2.32. The molecule has 2 aromatic rings. The third-order valence-corrected chi connectivity index (χ3v) is 5.96. The summed E-state index contributed by atoms with van der Waals surface area (Å²) < 4.78 is 5.31. The molecule has 2 aliphatic heterocycles. The molecule has 1 aromatic heterocycles. The molecule has 11 nitrogen and oxygen atoms in total. The summed E-state index contributed by atoms with van der Waals surface area (Å²) in [5.74, 6) is 5.78. The van der Waals surface area contributed by atoms with Gasteiger partial charge in [-0.15, -0.1) is 16.1 Å². The predicted molar refractivity (Wildman–Crippen MR) is 131 cm³/mol. The number of carbonyl (C=O) groups is 2. The topological polar surface area (TPSA) is 139 Å². The van der Waals surface area contributed by atoms with Crippen LogP contribution in [0.15, 0.2) is 24.3 Å². The quantitative estimate of drug-likeness (QED) is 0.493. The summed E-state index contributed by atoms with van der Waals surface area (Å²) in [5.41, 5.74) is 6.69. The number of nitrogens with two attached hydrogens (primary N) is 1. The van der Waals surface area contributed by atoms with Gasteiger partial charge in [-0.1, -0.05) is 5.92 Å². The van der Waals surface area contributed by atoms with E-state index in [-0.39, 0.29) is 23.5 Å². The summed E-state index contributed by atoms with van der Waals surface area (Å²) in [6, 6.07) is 7.25. The van der Waals surface area contributed by atoms with Gasteiger partial charge in [0, 0.05) is 43.5 Å². The van der Waals surface area contributed by atoms with Crippen LogP contribution in [0.4, 0.5) is 17.5 Å². The van der Waals surface area contributed by atoms with Crippen LogP contribution < -0.4 is 21.3 Å². The molecule has 0 spiro atoms. The van der Waals surface area contributed by atoms with E-state index in [1.807, 2.05) is 11.8 Å². The fourth-order valence-corrected chi connectivity index (χ4v) is 4.10. The summed E-state index contributed by atoms with van der Waals surface area (Å²) >= 11 is 0. The van der Waals surface area contributed by atoms with Crippen molar-refractivity contribution in [2.24, 2.45) is 5.73 Å². The molecule has 3 heterocycles. The van der Waals surface area contributed by atoms with E-state index < -0.39 is 5.91 Å². The van der Waals surface area contributed by atoms with Gasteiger partial charge in [0.2, 0.25) is 5.95 Å². The molecule has 2 fully saturated rings. The van der Waals surface area contributed by atoms with E-state index in [4.69, 9.17) is 10.5 Å². The highest BCUT2D eigenvalue weighted by Gasteiger charge is 2.24. The number of nitrogens with zero attached hydrogens (tertiary/aromatic N) is 5. The Bertz CT molecular complexity index is 1110. The van der Waals surface area contributed by atoms with Gasteiger partial charge in [0.05, 0.1) is 19.8 Å². The molecule has 0 radical (unpaired) electrons. The monoisotopic (exact) mass is 478 g/mol. The van der Waals surface area contributed by atoms with Crippen LogP contribution in [0, 0.1) is 11.8 Å². The number of nitrogens with one attached hydrogen (secondary N) is 2. The molecule has 0 aliphatic carbocycles. The molecule has 2 amide bonds. The van der Waals surface area contributed by atoms with Gasteiger partial charge < -0.3 is 30.9 Å². The van der Waals surface area contributed by atoms with Crippen LogP contribution >= 0.6 is 0 Å². The number of rotatable bonds is 7. The van der Waals surface area contributed by atoms with Crippen LogP contribution in [0.5, 0.6) is 0 Å². The van der Waals surface area contributed by atoms with Crippen LogP contribution in [-0.4, -0.2) is 83.9 Å². The van der Waals surface area contributed by atoms with Crippen molar-refractivity contribution in [1.29, 1.82) is 0 Å². The minimum atomic E-state index is -0.727. The van der Waals surface area contributed by atoms with E-state index in [0.717, 1.165) is 19.4 Å². The second-order valence-corrected chi connectivity index (χ2v) is 8.37. The molecule has 1 atom stereocenters. The zero-order chi connectivity index (χ0) is 24.6. The number of anilines is 3. The maximum Gasteiger partial charge on any atom is 0.273 e. The smallest absolute Gasteiger partial charge is 0.273 e. The predicted octanol–water partition coefficient (Wildman–Crippen LogP) is 0.768. The molecule has 184 valence electrons. The Hall–Kier alpha value is -3.75. The summed E-state index contributed by atoms with van der Waals surface area (Å²) in [4.78, 5) is 33.0. The fourth-order valence-electron chi connectivity index (χ4n) is 4.10. The van der Waals surface area contributed by atoms with E-state index in [1.54, 1.807) is 29.2 Å². The highest BCUT2D eigenvalue weighted by atomic mass is 16.5. The van der Waals surface area contributed by atoms with Crippen molar-refractivity contribution < 1.29 is 14.3 Å². The minimum absolute atomic E-state index is 0.0400. The number of primary amides is 1. The lowest BCUT2D eigenvalue weighted by molar-refractivity contribution is 0.0303. The van der Waals surface area contributed by atoms with Crippen molar-refractivity contribution in [2.45, 2.75) is 25.8 Å². The van der Waals surface area contributed by atoms with Crippen molar-refractivity contribution in [3.05, 3.63) is 35.5 Å². The molecule has 0 bridgehead atoms. The zero-order valence-corrected chi connectivity index (χ0v) is 19.8. The van der Waals surface area contributed by atoms with Gasteiger partial charge in [-0.3, -0.25) is 9.59 Å². The molecule has 4 rings (SSSR count). The first-order valence-corrected chi connectivity index (χ1v) is 11.7. The number of piperidine rings is 1. The second-order valence-electron chi connectivity index (χ2n) is 8.37. The second kappa shape index (κ2) is 11.6. The lowest BCUT2D eigenvalue weighted by atomic mass is 10.1. The summed E-state index contributed by atoms with van der Waals surface area (Å²) in [6.45, 7) is 6.19. The van der Waals surface area contributed by atoms with Crippen molar-refractivity contribution in [3.8, 4) is 11.8 Å². The number of hydrogen-bond acceptors (Lipinski definition) is 9. The summed E-state index contributed by atoms with van der Waals surface area (Å²) in [5, 5.41) is 14.7. The van der Waals surface area contributed by atoms with Crippen LogP contribution in [0.1, 0.15) is 40.6 Å². The third kappa shape index (κ3) is 6.23. The van der Waals surface area contributed by atoms with Gasteiger partial charge in [0.1, 0.15) is 0 Å². The van der Waals surface area contributed by atoms with Crippen LogP contribution in [0.25, 0.3) is 0 Å². The number of ether oxygens (including phenoxy) is 1. The zero-order valence-electron chi connectivity index (χ0n) is 19.8. The molecular formula is C24H30N8O3. The molecule has 1 aromatic carbocycles. The number of benzene rings is 1. The molecule has 4 N–H and O–H groups in total. The van der Waals surface area contributed by atoms with E-state index in [0.29, 0.717) is 56.6 Å². The minimum Gasteiger partial charge on any atom is -0.378 e. The maximum absolute atomic E-state index is 12.7. The van der Waals surface area contributed by atoms with E-state index >= 15 is 0 Å². The Morgan fingerprint density at radius 3 is 2.66 bits per heavy atom. The van der Waals surface area contributed by atoms with Crippen molar-refractivity contribution >= 4 is 29.3 Å². The Labute approximate surface area is 204 Å². The number of hydrogen-bond donors (Lipinski definition) is 3. The Balaban J connectivity index is 1.48. The molecule has 0 saturated carbocycles. The van der Waals surface area contributed by atoms with Crippen molar-refractivity contribution in [3.63, 3.8) is 0 Å². The fraction of sp³-hybridized carbons (Fsp3) is 0.458. The van der Waals surface area contributed by atoms with Gasteiger partial charge in [-0.25, -0.2) is 0 Å². The van der Waals surface area contributed by atoms with Gasteiger partial charge in [-0.2, -0.15) is 4.98 Å². The van der Waals surface area contributed by atoms with Gasteiger partial charge in [0.25, 0.3) is 11.8 Å². The standard InChI is InChI=1S/C24H30N8O3/c1-2-3-10-26-19-5-4-11-32(16-19)24-28-22(20(21(25)33)29-30-24)27-18-8-6-17(7-9-18)23(34)31-12-14-35-15-13-31/h6-9,19,26H,4-5,10-16H2,1H3,(H2,25,33)(H,27,28,30)/t19-/m1/s1. The molecule has 2 aliphatic rings. The van der Waals surface area contributed by atoms with Crippen molar-refractivity contribution in [2.75, 3.05) is 56.2 Å². The normalized spacial score (nSPS) is 17.9. The SMILES string of the molecule is CC#CCN[C@@H]1CCCN(c2nnc(C(N)=O)c(Nc3ccc(C(=O)N4CCOCC4)cc3)n2)C1. The Morgan fingerprint density at radius 2 is 1.94 bits per heavy atom. The van der Waals surface area contributed by atoms with E-state index in [9.17, 15) is 9.59 Å². The number of aromatic nitrogens is 3. The highest BCUT2D eigenvalue weighted by molar-refractivity contribution is 5.97. The lowest BCUT2D eigenvalue weighted by Crippen LogP contribution is -2.46. The van der Waals surface area contributed by atoms with Gasteiger partial charge in [0.15, 0.2) is 11.5 Å². The average Bonchev–Trinajstić information content (AvgIpc) is 2.89.